The fourth-order valence-corrected chi connectivity index (χ4v) is 2.86. The molecule has 0 saturated carbocycles. The van der Waals surface area contributed by atoms with Crippen molar-refractivity contribution in [3.05, 3.63) is 29.3 Å². The number of fused-ring (bicyclic) bond motifs is 1. The van der Waals surface area contributed by atoms with E-state index in [2.05, 4.69) is 11.4 Å². The number of hydrogen-bond acceptors (Lipinski definition) is 3. The highest BCUT2D eigenvalue weighted by atomic mass is 16.5. The van der Waals surface area contributed by atoms with Gasteiger partial charge in [0.1, 0.15) is 0 Å². The third-order valence-corrected chi connectivity index (χ3v) is 4.42. The Kier molecular flexibility index (Phi) is 2.69. The fraction of sp³-hybridized carbons (Fsp3) is 0.533. The van der Waals surface area contributed by atoms with E-state index in [0.29, 0.717) is 19.6 Å². The highest BCUT2D eigenvalue weighted by molar-refractivity contribution is 5.93. The molecule has 0 bridgehead atoms. The molecule has 1 amide bonds. The minimum Gasteiger partial charge on any atom is -0.389 e. The van der Waals surface area contributed by atoms with Crippen LogP contribution in [0.3, 0.4) is 0 Å². The zero-order valence-electron chi connectivity index (χ0n) is 11.3. The maximum atomic E-state index is 11.4. The van der Waals surface area contributed by atoms with Crippen molar-refractivity contribution in [2.75, 3.05) is 18.5 Å². The Hall–Kier alpha value is -1.39. The van der Waals surface area contributed by atoms with Crippen LogP contribution in [0.2, 0.25) is 0 Å². The van der Waals surface area contributed by atoms with Crippen LogP contribution in [0.1, 0.15) is 31.4 Å². The molecule has 3 rings (SSSR count). The smallest absolute Gasteiger partial charge is 0.224 e. The molecule has 1 aromatic rings. The van der Waals surface area contributed by atoms with Gasteiger partial charge in [-0.25, -0.2) is 0 Å². The molecule has 4 heteroatoms. The molecule has 0 unspecified atom stereocenters. The topological polar surface area (TPSA) is 58.6 Å². The van der Waals surface area contributed by atoms with E-state index in [9.17, 15) is 9.90 Å². The van der Waals surface area contributed by atoms with Gasteiger partial charge in [-0.2, -0.15) is 0 Å². The summed E-state index contributed by atoms with van der Waals surface area (Å²) in [5.74, 6) is 0.0735. The largest absolute Gasteiger partial charge is 0.389 e. The average Bonchev–Trinajstić information content (AvgIpc) is 2.25. The molecule has 0 spiro atoms. The minimum absolute atomic E-state index is 0.0735. The van der Waals surface area contributed by atoms with Crippen LogP contribution >= 0.6 is 0 Å². The Bertz CT molecular complexity index is 527. The normalized spacial score (nSPS) is 21.3. The van der Waals surface area contributed by atoms with Crippen molar-refractivity contribution in [1.29, 1.82) is 0 Å². The Morgan fingerprint density at radius 2 is 2.05 bits per heavy atom. The number of nitrogens with one attached hydrogen (secondary N) is 1. The van der Waals surface area contributed by atoms with Crippen LogP contribution in [0.15, 0.2) is 18.2 Å². The lowest BCUT2D eigenvalue weighted by atomic mass is 9.67. The van der Waals surface area contributed by atoms with Gasteiger partial charge < -0.3 is 15.2 Å². The van der Waals surface area contributed by atoms with E-state index in [4.69, 9.17) is 4.74 Å². The first-order valence-electron chi connectivity index (χ1n) is 6.66. The molecule has 2 heterocycles. The number of aryl methyl sites for hydroxylation is 1. The van der Waals surface area contributed by atoms with Crippen LogP contribution in [-0.4, -0.2) is 29.8 Å². The maximum Gasteiger partial charge on any atom is 0.224 e. The lowest BCUT2D eigenvalue weighted by molar-refractivity contribution is -0.157. The van der Waals surface area contributed by atoms with Crippen LogP contribution in [0.5, 0.6) is 0 Å². The number of anilines is 1. The molecule has 0 aliphatic carbocycles. The van der Waals surface area contributed by atoms with Gasteiger partial charge in [-0.15, -0.1) is 0 Å². The first-order valence-corrected chi connectivity index (χ1v) is 6.66. The van der Waals surface area contributed by atoms with Gasteiger partial charge in [-0.3, -0.25) is 4.79 Å². The van der Waals surface area contributed by atoms with Crippen molar-refractivity contribution < 1.29 is 14.6 Å². The van der Waals surface area contributed by atoms with Crippen LogP contribution in [0, 0.1) is 0 Å². The number of ether oxygens (including phenoxy) is 1. The van der Waals surface area contributed by atoms with Crippen LogP contribution in [0.4, 0.5) is 5.69 Å². The zero-order chi connectivity index (χ0) is 13.7. The van der Waals surface area contributed by atoms with Crippen molar-refractivity contribution >= 4 is 11.6 Å². The molecule has 0 radical (unpaired) electrons. The van der Waals surface area contributed by atoms with Gasteiger partial charge in [0.05, 0.1) is 24.2 Å². The monoisotopic (exact) mass is 261 g/mol. The highest BCUT2D eigenvalue weighted by Crippen LogP contribution is 2.43. The van der Waals surface area contributed by atoms with Crippen molar-refractivity contribution in [2.45, 2.75) is 37.7 Å². The Morgan fingerprint density at radius 3 is 2.63 bits per heavy atom. The highest BCUT2D eigenvalue weighted by Gasteiger charge is 2.51. The summed E-state index contributed by atoms with van der Waals surface area (Å²) in [5.41, 5.74) is 1.99. The molecule has 0 atom stereocenters. The molecular formula is C15H19NO3. The number of benzene rings is 1. The average molecular weight is 261 g/mol. The molecule has 19 heavy (non-hydrogen) atoms. The van der Waals surface area contributed by atoms with E-state index in [1.54, 1.807) is 0 Å². The third-order valence-electron chi connectivity index (χ3n) is 4.42. The Balaban J connectivity index is 2.00. The second-order valence-electron chi connectivity index (χ2n) is 6.05. The summed E-state index contributed by atoms with van der Waals surface area (Å²) in [6.45, 7) is 4.75. The number of rotatable bonds is 2. The first kappa shape index (κ1) is 12.6. The van der Waals surface area contributed by atoms with Crippen molar-refractivity contribution in [3.63, 3.8) is 0 Å². The van der Waals surface area contributed by atoms with Gasteiger partial charge in [0.25, 0.3) is 0 Å². The van der Waals surface area contributed by atoms with E-state index in [1.165, 1.54) is 0 Å². The standard InChI is InChI=1S/C15H19NO3/c1-14(2,18)15(8-19-9-15)11-4-5-12-10(7-11)3-6-13(17)16-12/h4-5,7,18H,3,6,8-9H2,1-2H3,(H,16,17). The van der Waals surface area contributed by atoms with Crippen molar-refractivity contribution in [2.24, 2.45) is 0 Å². The molecule has 102 valence electrons. The Morgan fingerprint density at radius 1 is 1.32 bits per heavy atom. The molecule has 2 N–H and O–H groups in total. The molecular weight excluding hydrogens is 242 g/mol. The van der Waals surface area contributed by atoms with E-state index >= 15 is 0 Å². The number of hydrogen-bond donors (Lipinski definition) is 2. The molecule has 1 saturated heterocycles. The van der Waals surface area contributed by atoms with E-state index in [1.807, 2.05) is 26.0 Å². The van der Waals surface area contributed by atoms with Crippen LogP contribution < -0.4 is 5.32 Å². The summed E-state index contributed by atoms with van der Waals surface area (Å²) in [7, 11) is 0. The van der Waals surface area contributed by atoms with Crippen molar-refractivity contribution in [1.82, 2.24) is 0 Å². The van der Waals surface area contributed by atoms with Gasteiger partial charge in [0, 0.05) is 12.1 Å². The molecule has 4 nitrogen and oxygen atoms in total. The van der Waals surface area contributed by atoms with Gasteiger partial charge in [0.2, 0.25) is 5.91 Å². The van der Waals surface area contributed by atoms with Gasteiger partial charge in [-0.1, -0.05) is 12.1 Å². The SMILES string of the molecule is CC(C)(O)C1(c2ccc3c(c2)CCC(=O)N3)COC1. The molecule has 1 fully saturated rings. The Labute approximate surface area is 112 Å². The number of aliphatic hydroxyl groups is 1. The van der Waals surface area contributed by atoms with Crippen LogP contribution in [0.25, 0.3) is 0 Å². The predicted molar refractivity (Wildman–Crippen MR) is 72.2 cm³/mol. The maximum absolute atomic E-state index is 11.4. The van der Waals surface area contributed by atoms with E-state index < -0.39 is 5.60 Å². The summed E-state index contributed by atoms with van der Waals surface area (Å²) < 4.78 is 5.35. The number of amides is 1. The van der Waals surface area contributed by atoms with Crippen LogP contribution in [-0.2, 0) is 21.4 Å². The zero-order valence-corrected chi connectivity index (χ0v) is 11.3. The lowest BCUT2D eigenvalue weighted by Crippen LogP contribution is -2.60. The van der Waals surface area contributed by atoms with Gasteiger partial charge >= 0.3 is 0 Å². The number of carbonyl (C=O) groups excluding carboxylic acids is 1. The van der Waals surface area contributed by atoms with E-state index in [0.717, 1.165) is 23.2 Å². The summed E-state index contributed by atoms with van der Waals surface area (Å²) in [6.07, 6.45) is 1.29. The lowest BCUT2D eigenvalue weighted by Gasteiger charge is -2.50. The first-order chi connectivity index (χ1) is 8.92. The molecule has 1 aromatic carbocycles. The second kappa shape index (κ2) is 4.05. The van der Waals surface area contributed by atoms with Gasteiger partial charge in [0.15, 0.2) is 0 Å². The van der Waals surface area contributed by atoms with Gasteiger partial charge in [-0.05, 0) is 37.5 Å². The summed E-state index contributed by atoms with van der Waals surface area (Å²) in [6, 6.07) is 6.04. The predicted octanol–water partition coefficient (Wildman–Crippen LogP) is 1.61. The summed E-state index contributed by atoms with van der Waals surface area (Å²) >= 11 is 0. The summed E-state index contributed by atoms with van der Waals surface area (Å²) in [4.78, 5) is 11.4. The molecule has 0 aromatic heterocycles. The second-order valence-corrected chi connectivity index (χ2v) is 6.05. The van der Waals surface area contributed by atoms with E-state index in [-0.39, 0.29) is 11.3 Å². The molecule has 2 aliphatic rings. The molecule has 2 aliphatic heterocycles. The summed E-state index contributed by atoms with van der Waals surface area (Å²) in [5, 5.41) is 13.3. The number of carbonyl (C=O) groups is 1. The van der Waals surface area contributed by atoms with Crippen molar-refractivity contribution in [3.8, 4) is 0 Å². The fourth-order valence-electron chi connectivity index (χ4n) is 2.86. The minimum atomic E-state index is -0.822. The third kappa shape index (κ3) is 1.86. The quantitative estimate of drug-likeness (QED) is 0.850.